The van der Waals surface area contributed by atoms with E-state index in [9.17, 15) is 43.9 Å². The van der Waals surface area contributed by atoms with Crippen LogP contribution in [-0.2, 0) is 20.9 Å². The molecular formula is C23H21F10N3O7S. The normalized spacial score (nSPS) is 17.4. The van der Waals surface area contributed by atoms with Crippen LogP contribution >= 0.6 is 11.8 Å². The van der Waals surface area contributed by atoms with Gasteiger partial charge in [-0.3, -0.25) is 9.88 Å². The van der Waals surface area contributed by atoms with Gasteiger partial charge in [0.25, 0.3) is 5.88 Å². The number of halogens is 10. The van der Waals surface area contributed by atoms with E-state index in [1.54, 1.807) is 18.5 Å². The van der Waals surface area contributed by atoms with Gasteiger partial charge in [-0.2, -0.15) is 39.5 Å². The van der Waals surface area contributed by atoms with Gasteiger partial charge in [0.15, 0.2) is 5.82 Å². The van der Waals surface area contributed by atoms with E-state index >= 15 is 0 Å². The van der Waals surface area contributed by atoms with Crippen LogP contribution in [0.2, 0.25) is 0 Å². The SMILES string of the molecule is Fc1cccnc1OC1CSC2(C1)CN(Cc1cccnc1)C2.O=C(O)C(F)(F)F.O=C(O)C(F)(F)F.O=C(O)C(F)(F)F. The number of aromatic nitrogens is 2. The molecular weight excluding hydrogens is 652 g/mol. The summed E-state index contributed by atoms with van der Waals surface area (Å²) >= 11 is 1.95. The molecule has 0 aliphatic carbocycles. The van der Waals surface area contributed by atoms with Crippen LogP contribution in [0.15, 0.2) is 42.9 Å². The van der Waals surface area contributed by atoms with Crippen molar-refractivity contribution >= 4 is 29.7 Å². The number of nitrogens with zero attached hydrogens (tertiary/aromatic N) is 3. The van der Waals surface area contributed by atoms with Gasteiger partial charge in [0.05, 0.1) is 0 Å². The lowest BCUT2D eigenvalue weighted by Gasteiger charge is -2.47. The summed E-state index contributed by atoms with van der Waals surface area (Å²) in [6, 6.07) is 7.05. The van der Waals surface area contributed by atoms with Gasteiger partial charge in [-0.05, 0) is 23.8 Å². The van der Waals surface area contributed by atoms with Crippen LogP contribution in [0, 0.1) is 5.82 Å². The number of alkyl halides is 9. The summed E-state index contributed by atoms with van der Waals surface area (Å²) in [6.45, 7) is 3.05. The fourth-order valence-corrected chi connectivity index (χ4v) is 4.92. The van der Waals surface area contributed by atoms with Crippen molar-refractivity contribution in [2.45, 2.75) is 42.3 Å². The maximum absolute atomic E-state index is 13.6. The van der Waals surface area contributed by atoms with Crippen molar-refractivity contribution in [3.8, 4) is 5.88 Å². The summed E-state index contributed by atoms with van der Waals surface area (Å²) in [4.78, 5) is 37.3. The molecule has 1 atom stereocenters. The van der Waals surface area contributed by atoms with Crippen molar-refractivity contribution < 1.29 is 78.3 Å². The van der Waals surface area contributed by atoms with Crippen LogP contribution in [0.1, 0.15) is 12.0 Å². The van der Waals surface area contributed by atoms with Crippen LogP contribution in [0.4, 0.5) is 43.9 Å². The number of aliphatic carboxylic acids is 3. The van der Waals surface area contributed by atoms with Gasteiger partial charge in [-0.1, -0.05) is 6.07 Å². The number of carboxylic acids is 3. The van der Waals surface area contributed by atoms with E-state index in [0.29, 0.717) is 0 Å². The van der Waals surface area contributed by atoms with E-state index in [0.717, 1.165) is 31.8 Å². The van der Waals surface area contributed by atoms with Crippen molar-refractivity contribution in [3.05, 3.63) is 54.2 Å². The monoisotopic (exact) mass is 673 g/mol. The van der Waals surface area contributed by atoms with Gasteiger partial charge in [0.2, 0.25) is 0 Å². The maximum Gasteiger partial charge on any atom is 0.490 e. The Morgan fingerprint density at radius 2 is 1.36 bits per heavy atom. The lowest BCUT2D eigenvalue weighted by Crippen LogP contribution is -2.58. The molecule has 0 amide bonds. The zero-order valence-corrected chi connectivity index (χ0v) is 22.5. The number of thioether (sulfide) groups is 1. The van der Waals surface area contributed by atoms with Crippen molar-refractivity contribution in [3.63, 3.8) is 0 Å². The second-order valence-corrected chi connectivity index (χ2v) is 10.1. The molecule has 1 unspecified atom stereocenters. The first-order chi connectivity index (χ1) is 20.1. The van der Waals surface area contributed by atoms with Crippen LogP contribution in [-0.4, -0.2) is 96.3 Å². The van der Waals surface area contributed by atoms with Crippen molar-refractivity contribution in [2.24, 2.45) is 0 Å². The van der Waals surface area contributed by atoms with E-state index < -0.39 is 36.4 Å². The van der Waals surface area contributed by atoms with Gasteiger partial charge >= 0.3 is 36.4 Å². The first-order valence-electron chi connectivity index (χ1n) is 11.5. The van der Waals surface area contributed by atoms with Gasteiger partial charge in [-0.15, -0.1) is 11.8 Å². The number of likely N-dealkylation sites (tertiary alicyclic amines) is 1. The van der Waals surface area contributed by atoms with Crippen molar-refractivity contribution in [1.29, 1.82) is 0 Å². The second-order valence-electron chi connectivity index (χ2n) is 8.64. The maximum atomic E-state index is 13.6. The molecule has 0 radical (unpaired) electrons. The van der Waals surface area contributed by atoms with E-state index in [2.05, 4.69) is 20.9 Å². The van der Waals surface area contributed by atoms with E-state index in [1.165, 1.54) is 11.6 Å². The molecule has 21 heteroatoms. The Hall–Kier alpha value is -3.88. The minimum absolute atomic E-state index is 0.0462. The number of ether oxygens (including phenoxy) is 1. The van der Waals surface area contributed by atoms with Gasteiger partial charge in [0, 0.05) is 55.1 Å². The molecule has 4 rings (SSSR count). The third-order valence-electron chi connectivity index (χ3n) is 5.06. The standard InChI is InChI=1S/C17H18FN3OS.3C2HF3O2/c18-15-4-2-6-20-16(15)22-14-7-17(23-10-14)11-21(12-17)9-13-3-1-5-19-8-13;3*3-2(4,5)1(6)7/h1-6,8,14H,7,9-12H2;3*(H,6,7). The van der Waals surface area contributed by atoms with Gasteiger partial charge in [-0.25, -0.2) is 23.8 Å². The molecule has 2 saturated heterocycles. The molecule has 1 spiro atoms. The van der Waals surface area contributed by atoms with Gasteiger partial charge < -0.3 is 20.1 Å². The Balaban J connectivity index is 0.000000379. The minimum atomic E-state index is -5.08. The highest BCUT2D eigenvalue weighted by atomic mass is 32.2. The van der Waals surface area contributed by atoms with E-state index in [-0.39, 0.29) is 22.5 Å². The fraction of sp³-hybridized carbons (Fsp3) is 0.435. The number of rotatable bonds is 4. The molecule has 2 aliphatic rings. The molecule has 2 aromatic heterocycles. The predicted octanol–water partition coefficient (Wildman–Crippen LogP) is 4.65. The Labute approximate surface area is 244 Å². The molecule has 0 aromatic carbocycles. The average Bonchev–Trinajstić information content (AvgIpc) is 3.29. The summed E-state index contributed by atoms with van der Waals surface area (Å²) in [6.07, 6.45) is -8.97. The number of carboxylic acid groups (broad SMARTS) is 3. The van der Waals surface area contributed by atoms with Crippen LogP contribution < -0.4 is 4.74 Å². The van der Waals surface area contributed by atoms with Crippen molar-refractivity contribution in [1.82, 2.24) is 14.9 Å². The molecule has 0 saturated carbocycles. The number of carbonyl (C=O) groups is 3. The summed E-state index contributed by atoms with van der Waals surface area (Å²) < 4.78 is 115. The Morgan fingerprint density at radius 3 is 1.77 bits per heavy atom. The van der Waals surface area contributed by atoms with E-state index in [4.69, 9.17) is 34.4 Å². The molecule has 2 fully saturated rings. The minimum Gasteiger partial charge on any atom is -0.475 e. The lowest BCUT2D eigenvalue weighted by atomic mass is 9.92. The predicted molar refractivity (Wildman–Crippen MR) is 129 cm³/mol. The number of pyridine rings is 2. The highest BCUT2D eigenvalue weighted by Crippen LogP contribution is 2.46. The quantitative estimate of drug-likeness (QED) is 0.389. The second kappa shape index (κ2) is 15.7. The first-order valence-corrected chi connectivity index (χ1v) is 12.5. The molecule has 3 N–H and O–H groups in total. The third-order valence-corrected chi connectivity index (χ3v) is 6.63. The molecule has 2 aliphatic heterocycles. The summed E-state index contributed by atoms with van der Waals surface area (Å²) in [5, 5.41) is 21.4. The Kier molecular flexibility index (Phi) is 13.6. The number of hydrogen-bond acceptors (Lipinski definition) is 8. The molecule has 0 bridgehead atoms. The Bertz CT molecular complexity index is 1180. The Morgan fingerprint density at radius 1 is 0.886 bits per heavy atom. The molecule has 246 valence electrons. The molecule has 2 aromatic rings. The van der Waals surface area contributed by atoms with Gasteiger partial charge in [0.1, 0.15) is 6.10 Å². The molecule has 4 heterocycles. The first kappa shape index (κ1) is 38.1. The zero-order valence-electron chi connectivity index (χ0n) is 21.7. The average molecular weight is 673 g/mol. The zero-order chi connectivity index (χ0) is 33.9. The topological polar surface area (TPSA) is 150 Å². The molecule has 44 heavy (non-hydrogen) atoms. The highest BCUT2D eigenvalue weighted by Gasteiger charge is 2.49. The van der Waals surface area contributed by atoms with Crippen LogP contribution in [0.25, 0.3) is 0 Å². The highest BCUT2D eigenvalue weighted by molar-refractivity contribution is 8.01. The summed E-state index contributed by atoms with van der Waals surface area (Å²) in [5.41, 5.74) is 1.24. The van der Waals surface area contributed by atoms with E-state index in [1.807, 2.05) is 24.0 Å². The number of hydrogen-bond donors (Lipinski definition) is 3. The van der Waals surface area contributed by atoms with Crippen LogP contribution in [0.3, 0.4) is 0 Å². The largest absolute Gasteiger partial charge is 0.490 e. The van der Waals surface area contributed by atoms with Crippen LogP contribution in [0.5, 0.6) is 5.88 Å². The lowest BCUT2D eigenvalue weighted by molar-refractivity contribution is -0.193. The molecule has 10 nitrogen and oxygen atoms in total. The smallest absolute Gasteiger partial charge is 0.475 e. The summed E-state index contributed by atoms with van der Waals surface area (Å²) in [7, 11) is 0. The fourth-order valence-electron chi connectivity index (χ4n) is 3.34. The third kappa shape index (κ3) is 13.6. The van der Waals surface area contributed by atoms with Crippen molar-refractivity contribution in [2.75, 3.05) is 18.8 Å². The summed E-state index contributed by atoms with van der Waals surface area (Å²) in [5.74, 6) is -7.63.